The summed E-state index contributed by atoms with van der Waals surface area (Å²) in [6, 6.07) is 8.05. The van der Waals surface area contributed by atoms with Gasteiger partial charge in [0, 0.05) is 0 Å². The Morgan fingerprint density at radius 1 is 1.32 bits per heavy atom. The van der Waals surface area contributed by atoms with Gasteiger partial charge in [0.2, 0.25) is 0 Å². The van der Waals surface area contributed by atoms with E-state index < -0.39 is 4.92 Å². The lowest BCUT2D eigenvalue weighted by atomic mass is 10.2. The topological polar surface area (TPSA) is 90.8 Å². The highest BCUT2D eigenvalue weighted by Crippen LogP contribution is 2.24. The number of rotatable bonds is 6. The number of nitrogens with zero attached hydrogens (tertiary/aromatic N) is 5. The Morgan fingerprint density at radius 3 is 2.76 bits per heavy atom. The number of aryl methyl sites for hydroxylation is 2. The lowest BCUT2D eigenvalue weighted by molar-refractivity contribution is -0.390. The van der Waals surface area contributed by atoms with Gasteiger partial charge in [-0.15, -0.1) is 0 Å². The average Bonchev–Trinajstić information content (AvgIpc) is 3.16. The van der Waals surface area contributed by atoms with E-state index in [9.17, 15) is 10.1 Å². The molecule has 1 aromatic carbocycles. The highest BCUT2D eigenvalue weighted by molar-refractivity contribution is 5.52. The van der Waals surface area contributed by atoms with Crippen molar-refractivity contribution in [3.05, 3.63) is 63.6 Å². The fourth-order valence-electron chi connectivity index (χ4n) is 2.87. The molecule has 0 unspecified atom stereocenters. The first-order chi connectivity index (χ1) is 12.0. The van der Waals surface area contributed by atoms with E-state index >= 15 is 0 Å². The Hall–Kier alpha value is -3.16. The first kappa shape index (κ1) is 16.7. The number of aromatic nitrogens is 4. The van der Waals surface area contributed by atoms with Crippen molar-refractivity contribution >= 4 is 11.5 Å². The SMILES string of the molecule is CCc1c(NCc2cn(C)nc2[N+](=O)[O-])cnn1-c1ccccc1C. The maximum absolute atomic E-state index is 11.1. The Bertz CT molecular complexity index is 912. The maximum atomic E-state index is 11.1. The van der Waals surface area contributed by atoms with Crippen LogP contribution in [-0.4, -0.2) is 24.5 Å². The van der Waals surface area contributed by atoms with E-state index in [0.717, 1.165) is 29.1 Å². The lowest BCUT2D eigenvalue weighted by Gasteiger charge is -2.11. The number of benzene rings is 1. The van der Waals surface area contributed by atoms with Crippen LogP contribution in [0.2, 0.25) is 0 Å². The molecule has 25 heavy (non-hydrogen) atoms. The van der Waals surface area contributed by atoms with Crippen molar-refractivity contribution in [1.29, 1.82) is 0 Å². The first-order valence-corrected chi connectivity index (χ1v) is 8.05. The van der Waals surface area contributed by atoms with Gasteiger partial charge in [0.15, 0.2) is 0 Å². The zero-order chi connectivity index (χ0) is 18.0. The van der Waals surface area contributed by atoms with E-state index in [4.69, 9.17) is 0 Å². The molecule has 0 saturated heterocycles. The van der Waals surface area contributed by atoms with Crippen LogP contribution < -0.4 is 5.32 Å². The van der Waals surface area contributed by atoms with Gasteiger partial charge < -0.3 is 15.4 Å². The average molecular weight is 340 g/mol. The van der Waals surface area contributed by atoms with Gasteiger partial charge in [-0.25, -0.2) is 4.68 Å². The third-order valence-corrected chi connectivity index (χ3v) is 4.07. The van der Waals surface area contributed by atoms with Crippen molar-refractivity contribution in [3.8, 4) is 5.69 Å². The molecule has 0 saturated carbocycles. The minimum absolute atomic E-state index is 0.126. The van der Waals surface area contributed by atoms with Gasteiger partial charge in [-0.1, -0.05) is 25.1 Å². The van der Waals surface area contributed by atoms with E-state index in [1.807, 2.05) is 35.9 Å². The molecular weight excluding hydrogens is 320 g/mol. The molecule has 8 heteroatoms. The Labute approximate surface area is 145 Å². The summed E-state index contributed by atoms with van der Waals surface area (Å²) in [7, 11) is 1.67. The van der Waals surface area contributed by atoms with Crippen molar-refractivity contribution in [1.82, 2.24) is 19.6 Å². The fourth-order valence-corrected chi connectivity index (χ4v) is 2.87. The zero-order valence-electron chi connectivity index (χ0n) is 14.4. The van der Waals surface area contributed by atoms with Gasteiger partial charge in [0.25, 0.3) is 0 Å². The second kappa shape index (κ2) is 6.76. The van der Waals surface area contributed by atoms with Crippen molar-refractivity contribution in [2.45, 2.75) is 26.8 Å². The van der Waals surface area contributed by atoms with Crippen LogP contribution in [0.15, 0.2) is 36.7 Å². The smallest absolute Gasteiger partial charge is 0.378 e. The van der Waals surface area contributed by atoms with Crippen LogP contribution in [-0.2, 0) is 20.0 Å². The molecule has 1 N–H and O–H groups in total. The molecule has 0 spiro atoms. The highest BCUT2D eigenvalue weighted by atomic mass is 16.6. The number of hydrogen-bond donors (Lipinski definition) is 1. The Kier molecular flexibility index (Phi) is 4.51. The molecule has 0 fully saturated rings. The van der Waals surface area contributed by atoms with Crippen LogP contribution in [0.5, 0.6) is 0 Å². The molecule has 8 nitrogen and oxygen atoms in total. The molecule has 2 heterocycles. The van der Waals surface area contributed by atoms with E-state index in [2.05, 4.69) is 22.4 Å². The molecule has 0 aliphatic carbocycles. The zero-order valence-corrected chi connectivity index (χ0v) is 14.4. The summed E-state index contributed by atoms with van der Waals surface area (Å²) >= 11 is 0. The molecule has 3 rings (SSSR count). The Balaban J connectivity index is 1.88. The summed E-state index contributed by atoms with van der Waals surface area (Å²) in [6.07, 6.45) is 4.20. The molecule has 0 atom stereocenters. The number of anilines is 1. The molecule has 2 aromatic heterocycles. The molecule has 0 amide bonds. The third-order valence-electron chi connectivity index (χ3n) is 4.07. The summed E-state index contributed by atoms with van der Waals surface area (Å²) in [5.74, 6) is -0.126. The molecular formula is C17H20N6O2. The summed E-state index contributed by atoms with van der Waals surface area (Å²) in [4.78, 5) is 10.6. The van der Waals surface area contributed by atoms with Crippen molar-refractivity contribution in [2.24, 2.45) is 7.05 Å². The minimum atomic E-state index is -0.464. The van der Waals surface area contributed by atoms with Crippen molar-refractivity contribution in [2.75, 3.05) is 5.32 Å². The number of para-hydroxylation sites is 1. The van der Waals surface area contributed by atoms with E-state index in [1.165, 1.54) is 4.68 Å². The number of nitrogens with one attached hydrogen (secondary N) is 1. The second-order valence-electron chi connectivity index (χ2n) is 5.82. The van der Waals surface area contributed by atoms with Crippen molar-refractivity contribution < 1.29 is 4.92 Å². The van der Waals surface area contributed by atoms with Gasteiger partial charge in [0.05, 0.1) is 53.7 Å². The quantitative estimate of drug-likeness (QED) is 0.550. The molecule has 3 aromatic rings. The van der Waals surface area contributed by atoms with Gasteiger partial charge >= 0.3 is 5.82 Å². The van der Waals surface area contributed by atoms with E-state index in [1.54, 1.807) is 19.4 Å². The van der Waals surface area contributed by atoms with Gasteiger partial charge in [-0.3, -0.25) is 0 Å². The summed E-state index contributed by atoms with van der Waals surface area (Å²) in [5, 5.41) is 22.7. The predicted octanol–water partition coefficient (Wildman–Crippen LogP) is 3.00. The van der Waals surface area contributed by atoms with Crippen LogP contribution >= 0.6 is 0 Å². The molecule has 130 valence electrons. The van der Waals surface area contributed by atoms with Gasteiger partial charge in [0.1, 0.15) is 0 Å². The van der Waals surface area contributed by atoms with E-state index in [-0.39, 0.29) is 5.82 Å². The van der Waals surface area contributed by atoms with Crippen LogP contribution in [0.3, 0.4) is 0 Å². The monoisotopic (exact) mass is 340 g/mol. The van der Waals surface area contributed by atoms with Crippen LogP contribution in [0.25, 0.3) is 5.69 Å². The number of nitro groups is 1. The molecule has 0 bridgehead atoms. The predicted molar refractivity (Wildman–Crippen MR) is 94.9 cm³/mol. The molecule has 0 aliphatic heterocycles. The largest absolute Gasteiger partial charge is 0.394 e. The van der Waals surface area contributed by atoms with Crippen LogP contribution in [0.4, 0.5) is 11.5 Å². The molecule has 0 radical (unpaired) electrons. The lowest BCUT2D eigenvalue weighted by Crippen LogP contribution is -2.06. The third kappa shape index (κ3) is 3.23. The van der Waals surface area contributed by atoms with Gasteiger partial charge in [-0.2, -0.15) is 9.78 Å². The molecule has 0 aliphatic rings. The summed E-state index contributed by atoms with van der Waals surface area (Å²) in [6.45, 7) is 4.42. The van der Waals surface area contributed by atoms with Gasteiger partial charge in [-0.05, 0) is 29.9 Å². The fraction of sp³-hybridized carbons (Fsp3) is 0.294. The highest BCUT2D eigenvalue weighted by Gasteiger charge is 2.20. The van der Waals surface area contributed by atoms with Crippen molar-refractivity contribution in [3.63, 3.8) is 0 Å². The van der Waals surface area contributed by atoms with Crippen LogP contribution in [0, 0.1) is 17.0 Å². The first-order valence-electron chi connectivity index (χ1n) is 8.05. The van der Waals surface area contributed by atoms with E-state index in [0.29, 0.717) is 12.1 Å². The minimum Gasteiger partial charge on any atom is -0.378 e. The standard InChI is InChI=1S/C17H20N6O2/c1-4-15-14(10-19-22(15)16-8-6-5-7-12(16)2)18-9-13-11-21(3)20-17(13)23(24)25/h5-8,10-11,18H,4,9H2,1-3H3. The second-order valence-corrected chi connectivity index (χ2v) is 5.82. The Morgan fingerprint density at radius 2 is 2.08 bits per heavy atom. The normalized spacial score (nSPS) is 10.8. The summed E-state index contributed by atoms with van der Waals surface area (Å²) in [5.41, 5.74) is 4.59. The summed E-state index contributed by atoms with van der Waals surface area (Å²) < 4.78 is 3.36. The number of hydrogen-bond acceptors (Lipinski definition) is 5. The maximum Gasteiger partial charge on any atom is 0.394 e. The van der Waals surface area contributed by atoms with Crippen LogP contribution in [0.1, 0.15) is 23.7 Å².